The molecule has 11 heteroatoms. The number of aliphatic hydroxyl groups excluding tert-OH is 7. The molecule has 2 aliphatic rings. The summed E-state index contributed by atoms with van der Waals surface area (Å²) in [6.45, 7) is 4.76. The summed E-state index contributed by atoms with van der Waals surface area (Å²) in [5.41, 5.74) is 0. The lowest BCUT2D eigenvalue weighted by Crippen LogP contribution is -2.62. The van der Waals surface area contributed by atoms with Gasteiger partial charge in [0.15, 0.2) is 12.6 Å². The molecule has 2 fully saturated rings. The van der Waals surface area contributed by atoms with Gasteiger partial charge in [-0.05, 0) is 6.42 Å². The van der Waals surface area contributed by atoms with E-state index in [2.05, 4.69) is 13.5 Å². The molecule has 2 rings (SSSR count). The van der Waals surface area contributed by atoms with Crippen LogP contribution in [0.5, 0.6) is 0 Å². The van der Waals surface area contributed by atoms with Crippen LogP contribution in [0.25, 0.3) is 0 Å². The van der Waals surface area contributed by atoms with Crippen LogP contribution >= 0.6 is 0 Å². The monoisotopic (exact) mass is 452 g/mol. The Hall–Kier alpha value is -0.700. The maximum atomic E-state index is 10.3. The van der Waals surface area contributed by atoms with Crippen LogP contribution in [-0.2, 0) is 18.9 Å². The van der Waals surface area contributed by atoms with Gasteiger partial charge in [0.25, 0.3) is 0 Å². The van der Waals surface area contributed by atoms with Crippen LogP contribution in [-0.4, -0.2) is 116 Å². The highest BCUT2D eigenvalue weighted by atomic mass is 16.7. The largest absolute Gasteiger partial charge is 0.394 e. The predicted octanol–water partition coefficient (Wildman–Crippen LogP) is -2.24. The molecular formula is C20H36O11. The van der Waals surface area contributed by atoms with E-state index < -0.39 is 80.7 Å². The maximum Gasteiger partial charge on any atom is 0.187 e. The van der Waals surface area contributed by atoms with E-state index in [1.54, 1.807) is 6.08 Å². The minimum Gasteiger partial charge on any atom is -0.394 e. The highest BCUT2D eigenvalue weighted by molar-refractivity contribution is 4.92. The smallest absolute Gasteiger partial charge is 0.187 e. The Morgan fingerprint density at radius 2 is 1.42 bits per heavy atom. The predicted molar refractivity (Wildman–Crippen MR) is 106 cm³/mol. The maximum absolute atomic E-state index is 10.3. The third kappa shape index (κ3) is 6.65. The summed E-state index contributed by atoms with van der Waals surface area (Å²) in [6.07, 6.45) is -9.69. The Morgan fingerprint density at radius 3 is 2.00 bits per heavy atom. The molecule has 2 saturated heterocycles. The lowest BCUT2D eigenvalue weighted by atomic mass is 9.98. The molecule has 182 valence electrons. The van der Waals surface area contributed by atoms with Gasteiger partial charge in [-0.15, -0.1) is 6.58 Å². The van der Waals surface area contributed by atoms with Gasteiger partial charge in [-0.2, -0.15) is 0 Å². The van der Waals surface area contributed by atoms with Gasteiger partial charge in [0.1, 0.15) is 48.8 Å². The van der Waals surface area contributed by atoms with Crippen molar-refractivity contribution in [3.05, 3.63) is 12.7 Å². The molecule has 0 bridgehead atoms. The van der Waals surface area contributed by atoms with Gasteiger partial charge in [0.05, 0.1) is 19.3 Å². The summed E-state index contributed by atoms with van der Waals surface area (Å²) in [6, 6.07) is 0. The Kier molecular flexibility index (Phi) is 10.7. The van der Waals surface area contributed by atoms with E-state index in [4.69, 9.17) is 18.9 Å². The van der Waals surface area contributed by atoms with Crippen molar-refractivity contribution >= 4 is 0 Å². The van der Waals surface area contributed by atoms with Gasteiger partial charge in [0.2, 0.25) is 0 Å². The van der Waals surface area contributed by atoms with Crippen molar-refractivity contribution in [2.75, 3.05) is 13.2 Å². The van der Waals surface area contributed by atoms with Gasteiger partial charge in [-0.3, -0.25) is 0 Å². The zero-order valence-electron chi connectivity index (χ0n) is 17.6. The second-order valence-electron chi connectivity index (χ2n) is 7.95. The van der Waals surface area contributed by atoms with Crippen molar-refractivity contribution in [2.45, 2.75) is 100 Å². The van der Waals surface area contributed by atoms with Gasteiger partial charge in [0, 0.05) is 0 Å². The van der Waals surface area contributed by atoms with Crippen LogP contribution in [0.15, 0.2) is 12.7 Å². The van der Waals surface area contributed by atoms with Crippen molar-refractivity contribution in [2.24, 2.45) is 0 Å². The number of hydrogen-bond donors (Lipinski definition) is 7. The first-order valence-corrected chi connectivity index (χ1v) is 10.6. The first kappa shape index (κ1) is 26.6. The van der Waals surface area contributed by atoms with E-state index in [0.29, 0.717) is 6.42 Å². The van der Waals surface area contributed by atoms with Crippen LogP contribution in [0, 0.1) is 0 Å². The number of unbranched alkanes of at least 4 members (excludes halogenated alkanes) is 2. The second kappa shape index (κ2) is 12.5. The number of aliphatic hydroxyl groups is 7. The molecule has 0 spiro atoms. The summed E-state index contributed by atoms with van der Waals surface area (Å²) in [5, 5.41) is 69.6. The normalized spacial score (nSPS) is 42.3. The summed E-state index contributed by atoms with van der Waals surface area (Å²) < 4.78 is 22.0. The Morgan fingerprint density at radius 1 is 0.839 bits per heavy atom. The fourth-order valence-corrected chi connectivity index (χ4v) is 3.57. The summed E-state index contributed by atoms with van der Waals surface area (Å²) in [5.74, 6) is 0. The molecule has 0 unspecified atom stereocenters. The summed E-state index contributed by atoms with van der Waals surface area (Å²) in [7, 11) is 0. The zero-order chi connectivity index (χ0) is 23.1. The Balaban J connectivity index is 1.97. The van der Waals surface area contributed by atoms with Crippen molar-refractivity contribution in [3.8, 4) is 0 Å². The second-order valence-corrected chi connectivity index (χ2v) is 7.95. The number of rotatable bonds is 11. The molecule has 0 saturated carbocycles. The van der Waals surface area contributed by atoms with Gasteiger partial charge in [-0.25, -0.2) is 0 Å². The van der Waals surface area contributed by atoms with Crippen molar-refractivity contribution in [1.29, 1.82) is 0 Å². The van der Waals surface area contributed by atoms with Crippen LogP contribution in [0.1, 0.15) is 32.6 Å². The van der Waals surface area contributed by atoms with Crippen molar-refractivity contribution in [1.82, 2.24) is 0 Å². The minimum absolute atomic E-state index is 0.401. The quantitative estimate of drug-likeness (QED) is 0.133. The van der Waals surface area contributed by atoms with E-state index in [9.17, 15) is 35.7 Å². The van der Waals surface area contributed by atoms with Crippen LogP contribution in [0.3, 0.4) is 0 Å². The van der Waals surface area contributed by atoms with E-state index in [-0.39, 0.29) is 0 Å². The average Bonchev–Trinajstić information content (AvgIpc) is 2.77. The number of hydrogen-bond acceptors (Lipinski definition) is 11. The van der Waals surface area contributed by atoms with Crippen molar-refractivity contribution in [3.63, 3.8) is 0 Å². The molecule has 0 radical (unpaired) electrons. The summed E-state index contributed by atoms with van der Waals surface area (Å²) in [4.78, 5) is 0. The molecule has 0 aromatic rings. The summed E-state index contributed by atoms with van der Waals surface area (Å²) >= 11 is 0. The topological polar surface area (TPSA) is 179 Å². The molecule has 0 aromatic heterocycles. The zero-order valence-corrected chi connectivity index (χ0v) is 17.6. The lowest BCUT2D eigenvalue weighted by molar-refractivity contribution is -0.334. The Bertz CT molecular complexity index is 533. The molecule has 2 heterocycles. The van der Waals surface area contributed by atoms with Gasteiger partial charge in [-0.1, -0.05) is 32.3 Å². The lowest BCUT2D eigenvalue weighted by Gasteiger charge is -2.43. The molecule has 0 aliphatic carbocycles. The first-order chi connectivity index (χ1) is 14.7. The third-order valence-electron chi connectivity index (χ3n) is 5.61. The van der Waals surface area contributed by atoms with Gasteiger partial charge >= 0.3 is 0 Å². The number of ether oxygens (including phenoxy) is 4. The standard InChI is InChI=1S/C20H36O11/c1-3-5-6-7-10(4-2)29-20-18(27)16(25)14(23)12(31-20)9-28-19-17(26)15(24)13(22)11(8-21)30-19/h4,10-27H,2-3,5-9H2,1H3/t10-,11-,12-,13+,14+,15-,16-,17-,18-,19+,20+/m0/s1. The average molecular weight is 452 g/mol. The van der Waals surface area contributed by atoms with Crippen LogP contribution in [0.2, 0.25) is 0 Å². The fraction of sp³-hybridized carbons (Fsp3) is 0.900. The van der Waals surface area contributed by atoms with Crippen LogP contribution in [0.4, 0.5) is 0 Å². The Labute approximate surface area is 181 Å². The molecule has 0 aromatic carbocycles. The molecular weight excluding hydrogens is 416 g/mol. The molecule has 7 N–H and O–H groups in total. The van der Waals surface area contributed by atoms with E-state index in [0.717, 1.165) is 19.3 Å². The van der Waals surface area contributed by atoms with E-state index in [1.165, 1.54) is 0 Å². The molecule has 11 atom stereocenters. The van der Waals surface area contributed by atoms with E-state index in [1.807, 2.05) is 0 Å². The van der Waals surface area contributed by atoms with Crippen molar-refractivity contribution < 1.29 is 54.7 Å². The molecule has 0 amide bonds. The van der Waals surface area contributed by atoms with Gasteiger partial charge < -0.3 is 54.7 Å². The highest BCUT2D eigenvalue weighted by Gasteiger charge is 2.47. The molecule has 11 nitrogen and oxygen atoms in total. The fourth-order valence-electron chi connectivity index (χ4n) is 3.57. The third-order valence-corrected chi connectivity index (χ3v) is 5.61. The molecule has 2 aliphatic heterocycles. The molecule has 31 heavy (non-hydrogen) atoms. The SMILES string of the molecule is C=C[C@@H](CCCCC)O[C@@H]1O[C@@H](CO[C@@H]2O[C@@H](CO)[C@@H](O)[C@H](O)[C@@H]2O)[C@@H](O)[C@H](O)[C@@H]1O. The van der Waals surface area contributed by atoms with Crippen LogP contribution < -0.4 is 0 Å². The minimum atomic E-state index is -1.62. The highest BCUT2D eigenvalue weighted by Crippen LogP contribution is 2.27. The van der Waals surface area contributed by atoms with E-state index >= 15 is 0 Å². The first-order valence-electron chi connectivity index (χ1n) is 10.6.